The van der Waals surface area contributed by atoms with Gasteiger partial charge < -0.3 is 10.2 Å². The van der Waals surface area contributed by atoms with Gasteiger partial charge in [0.25, 0.3) is 0 Å². The number of nitrogens with one attached hydrogen (secondary N) is 1. The van der Waals surface area contributed by atoms with Crippen molar-refractivity contribution in [1.29, 1.82) is 0 Å². The Hall–Kier alpha value is -0.920. The highest BCUT2D eigenvalue weighted by Gasteiger charge is 2.20. The molecule has 1 heterocycles. The van der Waals surface area contributed by atoms with Crippen LogP contribution in [0.25, 0.3) is 0 Å². The van der Waals surface area contributed by atoms with E-state index in [9.17, 15) is 4.39 Å². The maximum absolute atomic E-state index is 13.6. The first-order valence-corrected chi connectivity index (χ1v) is 8.11. The predicted molar refractivity (Wildman–Crippen MR) is 104 cm³/mol. The molecule has 1 aromatic rings. The van der Waals surface area contributed by atoms with Crippen LogP contribution >= 0.6 is 24.0 Å². The molecule has 0 bridgehead atoms. The van der Waals surface area contributed by atoms with Crippen LogP contribution in [0, 0.1) is 17.7 Å². The second-order valence-electron chi connectivity index (χ2n) is 6.34. The lowest BCUT2D eigenvalue weighted by molar-refractivity contribution is 0.250. The van der Waals surface area contributed by atoms with Crippen LogP contribution in [0.3, 0.4) is 0 Å². The number of rotatable bonds is 4. The van der Waals surface area contributed by atoms with E-state index in [0.717, 1.165) is 24.3 Å². The number of guanidine groups is 1. The van der Waals surface area contributed by atoms with E-state index in [-0.39, 0.29) is 29.8 Å². The summed E-state index contributed by atoms with van der Waals surface area (Å²) in [6.45, 7) is 3.68. The number of aliphatic imine (C=N–C) groups is 1. The molecule has 0 unspecified atom stereocenters. The first kappa shape index (κ1) is 20.1. The topological polar surface area (TPSA) is 40.5 Å². The van der Waals surface area contributed by atoms with Crippen molar-refractivity contribution in [1.82, 2.24) is 15.2 Å². The molecule has 0 saturated heterocycles. The number of halogens is 2. The van der Waals surface area contributed by atoms with E-state index in [4.69, 9.17) is 0 Å². The molecule has 0 amide bonds. The lowest BCUT2D eigenvalue weighted by Crippen LogP contribution is -2.41. The van der Waals surface area contributed by atoms with E-state index in [1.54, 1.807) is 19.3 Å². The molecular weight excluding hydrogens is 406 g/mol. The van der Waals surface area contributed by atoms with Gasteiger partial charge in [-0.1, -0.05) is 19.8 Å². The summed E-state index contributed by atoms with van der Waals surface area (Å²) in [5.41, 5.74) is 0.420. The maximum atomic E-state index is 13.6. The molecule has 1 saturated carbocycles. The lowest BCUT2D eigenvalue weighted by Gasteiger charge is -2.31. The average Bonchev–Trinajstić information content (AvgIpc) is 2.52. The fourth-order valence-electron chi connectivity index (χ4n) is 3.08. The second kappa shape index (κ2) is 10.1. The van der Waals surface area contributed by atoms with Crippen LogP contribution in [-0.2, 0) is 6.54 Å². The maximum Gasteiger partial charge on any atom is 0.193 e. The zero-order valence-electron chi connectivity index (χ0n) is 14.3. The number of aromatic nitrogens is 1. The highest BCUT2D eigenvalue weighted by molar-refractivity contribution is 14.0. The summed E-state index contributed by atoms with van der Waals surface area (Å²) >= 11 is 0. The van der Waals surface area contributed by atoms with Gasteiger partial charge in [-0.15, -0.1) is 24.0 Å². The van der Waals surface area contributed by atoms with Crippen molar-refractivity contribution in [2.24, 2.45) is 16.8 Å². The average molecular weight is 434 g/mol. The van der Waals surface area contributed by atoms with E-state index < -0.39 is 0 Å². The fraction of sp³-hybridized carbons (Fsp3) is 0.647. The van der Waals surface area contributed by atoms with Crippen LogP contribution in [-0.4, -0.2) is 36.5 Å². The highest BCUT2D eigenvalue weighted by atomic mass is 127. The van der Waals surface area contributed by atoms with Gasteiger partial charge in [-0.25, -0.2) is 4.39 Å². The molecule has 130 valence electrons. The van der Waals surface area contributed by atoms with Gasteiger partial charge in [-0.05, 0) is 36.8 Å². The minimum absolute atomic E-state index is 0. The lowest BCUT2D eigenvalue weighted by atomic mass is 9.83. The van der Waals surface area contributed by atoms with Crippen molar-refractivity contribution < 1.29 is 4.39 Å². The Labute approximate surface area is 156 Å². The molecule has 0 aromatic carbocycles. The highest BCUT2D eigenvalue weighted by Crippen LogP contribution is 2.28. The molecule has 0 spiro atoms. The number of pyridine rings is 1. The Morgan fingerprint density at radius 1 is 1.39 bits per heavy atom. The predicted octanol–water partition coefficient (Wildman–Crippen LogP) is 3.67. The van der Waals surface area contributed by atoms with Crippen LogP contribution in [0.15, 0.2) is 23.3 Å². The van der Waals surface area contributed by atoms with Gasteiger partial charge in [0, 0.05) is 26.8 Å². The van der Waals surface area contributed by atoms with Crippen molar-refractivity contribution in [2.45, 2.75) is 39.2 Å². The van der Waals surface area contributed by atoms with Crippen LogP contribution in [0.5, 0.6) is 0 Å². The molecular formula is C17H28FIN4. The first-order chi connectivity index (χ1) is 10.6. The van der Waals surface area contributed by atoms with Crippen molar-refractivity contribution >= 4 is 29.9 Å². The van der Waals surface area contributed by atoms with Crippen LogP contribution < -0.4 is 5.32 Å². The largest absolute Gasteiger partial charge is 0.350 e. The molecule has 4 nitrogen and oxygen atoms in total. The molecule has 1 aliphatic carbocycles. The van der Waals surface area contributed by atoms with Gasteiger partial charge in [-0.3, -0.25) is 9.98 Å². The summed E-state index contributed by atoms with van der Waals surface area (Å²) in [7, 11) is 3.80. The first-order valence-electron chi connectivity index (χ1n) is 8.11. The van der Waals surface area contributed by atoms with E-state index in [1.807, 2.05) is 7.05 Å². The molecule has 1 aromatic heterocycles. The van der Waals surface area contributed by atoms with Gasteiger partial charge in [0.1, 0.15) is 5.82 Å². The van der Waals surface area contributed by atoms with Crippen molar-refractivity contribution in [3.8, 4) is 0 Å². The van der Waals surface area contributed by atoms with E-state index in [1.165, 1.54) is 31.7 Å². The molecule has 1 fully saturated rings. The SMILES string of the molecule is CN=C(NCc1ncccc1F)N(C)CC1CCC(C)CC1.I. The third kappa shape index (κ3) is 6.24. The normalized spacial score (nSPS) is 21.5. The van der Waals surface area contributed by atoms with Crippen molar-refractivity contribution in [3.63, 3.8) is 0 Å². The molecule has 0 radical (unpaired) electrons. The van der Waals surface area contributed by atoms with Gasteiger partial charge in [0.05, 0.1) is 12.2 Å². The molecule has 1 aliphatic rings. The molecule has 2 rings (SSSR count). The summed E-state index contributed by atoms with van der Waals surface area (Å²) in [5, 5.41) is 3.20. The summed E-state index contributed by atoms with van der Waals surface area (Å²) in [5.74, 6) is 2.11. The number of hydrogen-bond acceptors (Lipinski definition) is 2. The Balaban J connectivity index is 0.00000264. The minimum Gasteiger partial charge on any atom is -0.350 e. The standard InChI is InChI=1S/C17H27FN4.HI/c1-13-6-8-14(9-7-13)12-22(3)17(19-2)21-11-16-15(18)5-4-10-20-16;/h4-5,10,13-14H,6-9,11-12H2,1-3H3,(H,19,21);1H. The van der Waals surface area contributed by atoms with Gasteiger partial charge >= 0.3 is 0 Å². The van der Waals surface area contributed by atoms with Crippen LogP contribution in [0.1, 0.15) is 38.3 Å². The summed E-state index contributed by atoms with van der Waals surface area (Å²) in [6, 6.07) is 3.03. The van der Waals surface area contributed by atoms with E-state index in [0.29, 0.717) is 12.2 Å². The zero-order chi connectivity index (χ0) is 15.9. The summed E-state index contributed by atoms with van der Waals surface area (Å²) in [6.07, 6.45) is 6.83. The van der Waals surface area contributed by atoms with Gasteiger partial charge in [-0.2, -0.15) is 0 Å². The summed E-state index contributed by atoms with van der Waals surface area (Å²) in [4.78, 5) is 10.5. The third-order valence-corrected chi connectivity index (χ3v) is 4.49. The monoisotopic (exact) mass is 434 g/mol. The number of hydrogen-bond donors (Lipinski definition) is 1. The fourth-order valence-corrected chi connectivity index (χ4v) is 3.08. The number of nitrogens with zero attached hydrogens (tertiary/aromatic N) is 3. The summed E-state index contributed by atoms with van der Waals surface area (Å²) < 4.78 is 13.6. The van der Waals surface area contributed by atoms with Gasteiger partial charge in [0.2, 0.25) is 0 Å². The molecule has 0 aliphatic heterocycles. The van der Waals surface area contributed by atoms with Gasteiger partial charge in [0.15, 0.2) is 5.96 Å². The Morgan fingerprint density at radius 2 is 2.09 bits per heavy atom. The smallest absolute Gasteiger partial charge is 0.193 e. The quantitative estimate of drug-likeness (QED) is 0.447. The van der Waals surface area contributed by atoms with Crippen LogP contribution in [0.4, 0.5) is 4.39 Å². The van der Waals surface area contributed by atoms with Crippen molar-refractivity contribution in [2.75, 3.05) is 20.6 Å². The molecule has 23 heavy (non-hydrogen) atoms. The molecule has 1 N–H and O–H groups in total. The van der Waals surface area contributed by atoms with Crippen molar-refractivity contribution in [3.05, 3.63) is 29.8 Å². The van der Waals surface area contributed by atoms with E-state index in [2.05, 4.69) is 27.1 Å². The Kier molecular flexibility index (Phi) is 8.79. The molecule has 0 atom stereocenters. The Bertz CT molecular complexity index is 501. The Morgan fingerprint density at radius 3 is 2.70 bits per heavy atom. The third-order valence-electron chi connectivity index (χ3n) is 4.49. The molecule has 6 heteroatoms. The second-order valence-corrected chi connectivity index (χ2v) is 6.34. The van der Waals surface area contributed by atoms with Crippen LogP contribution in [0.2, 0.25) is 0 Å². The van der Waals surface area contributed by atoms with E-state index >= 15 is 0 Å². The zero-order valence-corrected chi connectivity index (χ0v) is 16.6. The minimum atomic E-state index is -0.283.